The molecule has 0 saturated heterocycles. The lowest BCUT2D eigenvalue weighted by molar-refractivity contribution is 0.468. The Bertz CT molecular complexity index is 751. The molecular weight excluding hydrogens is 411 g/mol. The van der Waals surface area contributed by atoms with E-state index in [0.717, 1.165) is 18.5 Å². The van der Waals surface area contributed by atoms with Gasteiger partial charge in [-0.15, -0.1) is 11.3 Å². The van der Waals surface area contributed by atoms with Crippen molar-refractivity contribution < 1.29 is 8.81 Å². The second-order valence-corrected chi connectivity index (χ2v) is 7.43. The van der Waals surface area contributed by atoms with Crippen LogP contribution in [0.1, 0.15) is 16.7 Å². The summed E-state index contributed by atoms with van der Waals surface area (Å²) in [6.45, 7) is 0. The van der Waals surface area contributed by atoms with Crippen molar-refractivity contribution >= 4 is 54.2 Å². The SMILES string of the molecule is NNC(c1cc2cccc(F)c2o1)c1cc(Br)c(Br)s1. The van der Waals surface area contributed by atoms with E-state index < -0.39 is 0 Å². The Labute approximate surface area is 135 Å². The van der Waals surface area contributed by atoms with Gasteiger partial charge in [-0.1, -0.05) is 12.1 Å². The molecule has 2 aromatic heterocycles. The van der Waals surface area contributed by atoms with Crippen molar-refractivity contribution in [1.29, 1.82) is 0 Å². The molecule has 2 heterocycles. The van der Waals surface area contributed by atoms with Crippen molar-refractivity contribution in [3.8, 4) is 0 Å². The quantitative estimate of drug-likeness (QED) is 0.477. The highest BCUT2D eigenvalue weighted by molar-refractivity contribution is 9.13. The largest absolute Gasteiger partial charge is 0.456 e. The van der Waals surface area contributed by atoms with Crippen molar-refractivity contribution in [2.24, 2.45) is 5.84 Å². The lowest BCUT2D eigenvalue weighted by atomic mass is 10.2. The summed E-state index contributed by atoms with van der Waals surface area (Å²) < 4.78 is 21.2. The van der Waals surface area contributed by atoms with Gasteiger partial charge in [0.2, 0.25) is 0 Å². The van der Waals surface area contributed by atoms with E-state index in [4.69, 9.17) is 10.3 Å². The fraction of sp³-hybridized carbons (Fsp3) is 0.0769. The summed E-state index contributed by atoms with van der Waals surface area (Å²) in [4.78, 5) is 0.964. The molecule has 20 heavy (non-hydrogen) atoms. The molecule has 3 N–H and O–H groups in total. The number of para-hydroxylation sites is 1. The van der Waals surface area contributed by atoms with Crippen LogP contribution in [0.2, 0.25) is 0 Å². The highest BCUT2D eigenvalue weighted by Crippen LogP contribution is 2.38. The predicted molar refractivity (Wildman–Crippen MR) is 85.1 cm³/mol. The number of thiophene rings is 1. The van der Waals surface area contributed by atoms with Crippen LogP contribution in [0.5, 0.6) is 0 Å². The van der Waals surface area contributed by atoms with Gasteiger partial charge in [0, 0.05) is 14.7 Å². The third-order valence-electron chi connectivity index (χ3n) is 2.92. The number of hydrazine groups is 1. The van der Waals surface area contributed by atoms with Crippen LogP contribution in [-0.2, 0) is 0 Å². The van der Waals surface area contributed by atoms with Gasteiger partial charge in [0.05, 0.1) is 3.79 Å². The average molecular weight is 420 g/mol. The molecule has 3 nitrogen and oxygen atoms in total. The van der Waals surface area contributed by atoms with Crippen molar-refractivity contribution in [3.05, 3.63) is 55.0 Å². The van der Waals surface area contributed by atoms with E-state index in [0.29, 0.717) is 5.76 Å². The second-order valence-electron chi connectivity index (χ2n) is 4.18. The number of rotatable bonds is 3. The Morgan fingerprint density at radius 3 is 2.70 bits per heavy atom. The van der Waals surface area contributed by atoms with Crippen molar-refractivity contribution in [1.82, 2.24) is 5.43 Å². The summed E-state index contributed by atoms with van der Waals surface area (Å²) in [7, 11) is 0. The normalized spacial score (nSPS) is 13.0. The van der Waals surface area contributed by atoms with Gasteiger partial charge in [-0.05, 0) is 50.1 Å². The molecule has 7 heteroatoms. The highest BCUT2D eigenvalue weighted by Gasteiger charge is 2.21. The smallest absolute Gasteiger partial charge is 0.169 e. The summed E-state index contributed by atoms with van der Waals surface area (Å²) in [6.07, 6.45) is 0. The van der Waals surface area contributed by atoms with Crippen LogP contribution >= 0.6 is 43.2 Å². The van der Waals surface area contributed by atoms with E-state index in [1.165, 1.54) is 17.4 Å². The minimum atomic E-state index is -0.377. The number of benzene rings is 1. The number of hydrogen-bond acceptors (Lipinski definition) is 4. The fourth-order valence-electron chi connectivity index (χ4n) is 2.00. The standard InChI is InChI=1S/C13H9Br2FN2OS/c14-7-5-10(20-13(7)15)11(18-17)9-4-6-2-1-3-8(16)12(6)19-9/h1-5,11,18H,17H2. The van der Waals surface area contributed by atoms with Gasteiger partial charge in [-0.25, -0.2) is 9.82 Å². The molecule has 1 unspecified atom stereocenters. The first-order chi connectivity index (χ1) is 9.60. The number of furan rings is 1. The lowest BCUT2D eigenvalue weighted by Crippen LogP contribution is -2.27. The van der Waals surface area contributed by atoms with E-state index in [1.807, 2.05) is 6.07 Å². The van der Waals surface area contributed by atoms with E-state index in [1.54, 1.807) is 18.2 Å². The maximum absolute atomic E-state index is 13.7. The summed E-state index contributed by atoms with van der Waals surface area (Å²) in [5, 5.41) is 0.718. The summed E-state index contributed by atoms with van der Waals surface area (Å²) in [5.74, 6) is 5.83. The number of nitrogens with two attached hydrogens (primary N) is 1. The molecular formula is C13H9Br2FN2OS. The predicted octanol–water partition coefficient (Wildman–Crippen LogP) is 4.71. The Balaban J connectivity index is 2.09. The van der Waals surface area contributed by atoms with E-state index in [2.05, 4.69) is 37.3 Å². The topological polar surface area (TPSA) is 51.2 Å². The summed E-state index contributed by atoms with van der Waals surface area (Å²) in [5.41, 5.74) is 2.96. The van der Waals surface area contributed by atoms with Gasteiger partial charge < -0.3 is 4.42 Å². The Morgan fingerprint density at radius 2 is 2.10 bits per heavy atom. The van der Waals surface area contributed by atoms with Gasteiger partial charge in [0.1, 0.15) is 11.8 Å². The van der Waals surface area contributed by atoms with E-state index in [9.17, 15) is 4.39 Å². The van der Waals surface area contributed by atoms with Crippen LogP contribution in [0, 0.1) is 5.82 Å². The van der Waals surface area contributed by atoms with E-state index in [-0.39, 0.29) is 17.4 Å². The number of fused-ring (bicyclic) bond motifs is 1. The minimum Gasteiger partial charge on any atom is -0.456 e. The van der Waals surface area contributed by atoms with Crippen LogP contribution in [0.4, 0.5) is 4.39 Å². The minimum absolute atomic E-state index is 0.248. The summed E-state index contributed by atoms with van der Waals surface area (Å²) in [6, 6.07) is 8.25. The molecule has 0 aliphatic rings. The van der Waals surface area contributed by atoms with Gasteiger partial charge in [-0.3, -0.25) is 5.84 Å². The fourth-order valence-corrected chi connectivity index (χ4v) is 4.16. The molecule has 0 spiro atoms. The van der Waals surface area contributed by atoms with Crippen LogP contribution in [0.15, 0.2) is 43.0 Å². The van der Waals surface area contributed by atoms with Crippen LogP contribution in [-0.4, -0.2) is 0 Å². The zero-order valence-corrected chi connectivity index (χ0v) is 14.0. The van der Waals surface area contributed by atoms with Gasteiger partial charge in [0.25, 0.3) is 0 Å². The molecule has 0 radical (unpaired) electrons. The molecule has 104 valence electrons. The van der Waals surface area contributed by atoms with Crippen LogP contribution in [0.3, 0.4) is 0 Å². The molecule has 0 aliphatic carbocycles. The Morgan fingerprint density at radius 1 is 1.30 bits per heavy atom. The highest BCUT2D eigenvalue weighted by atomic mass is 79.9. The Hall–Kier alpha value is -0.730. The van der Waals surface area contributed by atoms with Crippen molar-refractivity contribution in [2.75, 3.05) is 0 Å². The molecule has 3 aromatic rings. The molecule has 0 aliphatic heterocycles. The Kier molecular flexibility index (Phi) is 3.96. The zero-order chi connectivity index (χ0) is 14.3. The number of hydrogen-bond donors (Lipinski definition) is 2. The lowest BCUT2D eigenvalue weighted by Gasteiger charge is -2.10. The molecule has 1 aromatic carbocycles. The monoisotopic (exact) mass is 418 g/mol. The van der Waals surface area contributed by atoms with Gasteiger partial charge in [-0.2, -0.15) is 0 Å². The third-order valence-corrected chi connectivity index (χ3v) is 6.24. The molecule has 0 fully saturated rings. The second kappa shape index (κ2) is 5.57. The molecule has 0 saturated carbocycles. The van der Waals surface area contributed by atoms with Crippen LogP contribution in [0.25, 0.3) is 11.0 Å². The first-order valence-corrected chi connectivity index (χ1v) is 8.09. The molecule has 0 bridgehead atoms. The van der Waals surface area contributed by atoms with Gasteiger partial charge >= 0.3 is 0 Å². The number of nitrogens with one attached hydrogen (secondary N) is 1. The molecule has 3 rings (SSSR count). The van der Waals surface area contributed by atoms with E-state index >= 15 is 0 Å². The van der Waals surface area contributed by atoms with Crippen molar-refractivity contribution in [3.63, 3.8) is 0 Å². The van der Waals surface area contributed by atoms with Crippen molar-refractivity contribution in [2.45, 2.75) is 6.04 Å². The number of halogens is 3. The van der Waals surface area contributed by atoms with Gasteiger partial charge in [0.15, 0.2) is 11.4 Å². The maximum Gasteiger partial charge on any atom is 0.169 e. The maximum atomic E-state index is 13.7. The third kappa shape index (κ3) is 2.44. The first kappa shape index (κ1) is 14.2. The average Bonchev–Trinajstić information content (AvgIpc) is 2.97. The molecule has 1 atom stereocenters. The summed E-state index contributed by atoms with van der Waals surface area (Å²) >= 11 is 8.41. The first-order valence-electron chi connectivity index (χ1n) is 5.69. The zero-order valence-electron chi connectivity index (χ0n) is 9.99. The van der Waals surface area contributed by atoms with Crippen LogP contribution < -0.4 is 11.3 Å². The molecule has 0 amide bonds.